The summed E-state index contributed by atoms with van der Waals surface area (Å²) in [6.45, 7) is -0.584. The monoisotopic (exact) mass is 413 g/mol. The van der Waals surface area contributed by atoms with Crippen LogP contribution in [-0.2, 0) is 19.0 Å². The number of carbonyl (C=O) groups is 2. The van der Waals surface area contributed by atoms with Crippen molar-refractivity contribution in [3.63, 3.8) is 0 Å². The maximum absolute atomic E-state index is 12.1. The number of anilines is 1. The van der Waals surface area contributed by atoms with Gasteiger partial charge in [0, 0.05) is 5.69 Å². The zero-order chi connectivity index (χ0) is 21.6. The SMILES string of the molecule is COC(=O)C1O[C@@H](OC(=O)Nc2ccc(C=C(CO)CO)cc2)C(O)C(O)[C@@H]1O. The summed E-state index contributed by atoms with van der Waals surface area (Å²) < 4.78 is 14.4. The van der Waals surface area contributed by atoms with Gasteiger partial charge in [0.1, 0.15) is 18.3 Å². The van der Waals surface area contributed by atoms with Crippen LogP contribution in [0.15, 0.2) is 29.8 Å². The average Bonchev–Trinajstić information content (AvgIpc) is 2.73. The molecule has 11 nitrogen and oxygen atoms in total. The Morgan fingerprint density at radius 1 is 1.07 bits per heavy atom. The maximum atomic E-state index is 12.1. The zero-order valence-corrected chi connectivity index (χ0v) is 15.5. The van der Waals surface area contributed by atoms with Gasteiger partial charge >= 0.3 is 12.1 Å². The fraction of sp³-hybridized carbons (Fsp3) is 0.444. The molecule has 11 heteroatoms. The molecule has 3 unspecified atom stereocenters. The van der Waals surface area contributed by atoms with E-state index in [1.165, 1.54) is 12.1 Å². The Morgan fingerprint density at radius 2 is 1.69 bits per heavy atom. The van der Waals surface area contributed by atoms with Crippen LogP contribution in [0.1, 0.15) is 5.56 Å². The molecule has 160 valence electrons. The molecule has 1 amide bonds. The van der Waals surface area contributed by atoms with Crippen LogP contribution in [0.25, 0.3) is 6.08 Å². The molecule has 0 radical (unpaired) electrons. The Morgan fingerprint density at radius 3 is 2.24 bits per heavy atom. The van der Waals surface area contributed by atoms with Crippen molar-refractivity contribution >= 4 is 23.8 Å². The molecular weight excluding hydrogens is 390 g/mol. The molecule has 1 saturated heterocycles. The molecule has 6 N–H and O–H groups in total. The number of aliphatic hydroxyl groups is 5. The topological polar surface area (TPSA) is 175 Å². The van der Waals surface area contributed by atoms with Gasteiger partial charge in [-0.15, -0.1) is 0 Å². The lowest BCUT2D eigenvalue weighted by Crippen LogP contribution is -2.61. The van der Waals surface area contributed by atoms with E-state index in [-0.39, 0.29) is 13.2 Å². The standard InChI is InChI=1S/C18H23NO10/c1-27-16(25)15-13(23)12(22)14(24)17(28-15)29-18(26)19-11-4-2-9(3-5-11)6-10(7-20)8-21/h2-6,12-15,17,20-24H,7-8H2,1H3,(H,19,26)/t12?,13-,14?,15?,17-/m0/s1. The fourth-order valence-corrected chi connectivity index (χ4v) is 2.55. The molecule has 1 fully saturated rings. The molecular formula is C18H23NO10. The summed E-state index contributed by atoms with van der Waals surface area (Å²) in [5, 5.41) is 50.0. The van der Waals surface area contributed by atoms with Gasteiger partial charge in [-0.1, -0.05) is 18.2 Å². The third kappa shape index (κ3) is 5.73. The Balaban J connectivity index is 2.00. The number of esters is 1. The number of aliphatic hydroxyl groups excluding tert-OH is 5. The minimum atomic E-state index is -1.80. The van der Waals surface area contributed by atoms with Crippen LogP contribution in [0.5, 0.6) is 0 Å². The second kappa shape index (κ2) is 10.3. The highest BCUT2D eigenvalue weighted by Crippen LogP contribution is 2.23. The maximum Gasteiger partial charge on any atom is 0.414 e. The predicted octanol–water partition coefficient (Wildman–Crippen LogP) is -1.42. The van der Waals surface area contributed by atoms with Crippen LogP contribution in [0.2, 0.25) is 0 Å². The van der Waals surface area contributed by atoms with Crippen molar-refractivity contribution in [2.45, 2.75) is 30.7 Å². The molecule has 1 aliphatic heterocycles. The number of rotatable bonds is 6. The first-order valence-corrected chi connectivity index (χ1v) is 8.57. The molecule has 0 aromatic heterocycles. The molecule has 1 aliphatic rings. The highest BCUT2D eigenvalue weighted by Gasteiger charge is 2.49. The number of carbonyl (C=O) groups excluding carboxylic acids is 2. The van der Waals surface area contributed by atoms with Crippen LogP contribution < -0.4 is 5.32 Å². The minimum absolute atomic E-state index is 0.292. The Hall–Kier alpha value is -2.54. The number of benzene rings is 1. The van der Waals surface area contributed by atoms with Crippen molar-refractivity contribution in [3.8, 4) is 0 Å². The van der Waals surface area contributed by atoms with Crippen molar-refractivity contribution in [1.82, 2.24) is 0 Å². The summed E-state index contributed by atoms with van der Waals surface area (Å²) in [7, 11) is 1.04. The highest BCUT2D eigenvalue weighted by atomic mass is 16.7. The summed E-state index contributed by atoms with van der Waals surface area (Å²) in [6.07, 6.45) is -8.19. The lowest BCUT2D eigenvalue weighted by Gasteiger charge is -2.38. The summed E-state index contributed by atoms with van der Waals surface area (Å²) in [5.41, 5.74) is 1.40. The van der Waals surface area contributed by atoms with Gasteiger partial charge in [0.15, 0.2) is 6.10 Å². The molecule has 1 aromatic rings. The quantitative estimate of drug-likeness (QED) is 0.304. The van der Waals surface area contributed by atoms with Crippen molar-refractivity contribution < 1.29 is 49.3 Å². The molecule has 0 spiro atoms. The molecule has 1 aromatic carbocycles. The molecule has 2 rings (SSSR count). The number of amides is 1. The van der Waals surface area contributed by atoms with E-state index in [4.69, 9.17) is 19.7 Å². The third-order valence-electron chi connectivity index (χ3n) is 4.16. The minimum Gasteiger partial charge on any atom is -0.467 e. The Bertz CT molecular complexity index is 729. The van der Waals surface area contributed by atoms with E-state index < -0.39 is 42.8 Å². The van der Waals surface area contributed by atoms with E-state index in [2.05, 4.69) is 10.1 Å². The smallest absolute Gasteiger partial charge is 0.414 e. The van der Waals surface area contributed by atoms with Crippen LogP contribution in [0.4, 0.5) is 10.5 Å². The lowest BCUT2D eigenvalue weighted by molar-refractivity contribution is -0.278. The lowest BCUT2D eigenvalue weighted by atomic mass is 9.99. The molecule has 5 atom stereocenters. The normalized spacial score (nSPS) is 26.3. The predicted molar refractivity (Wildman–Crippen MR) is 97.4 cm³/mol. The molecule has 0 aliphatic carbocycles. The highest BCUT2D eigenvalue weighted by molar-refractivity contribution is 5.85. The van der Waals surface area contributed by atoms with Crippen molar-refractivity contribution in [3.05, 3.63) is 35.4 Å². The van der Waals surface area contributed by atoms with Gasteiger partial charge in [0.25, 0.3) is 0 Å². The van der Waals surface area contributed by atoms with E-state index in [1.807, 2.05) is 0 Å². The zero-order valence-electron chi connectivity index (χ0n) is 15.5. The van der Waals surface area contributed by atoms with E-state index >= 15 is 0 Å². The first-order chi connectivity index (χ1) is 13.8. The van der Waals surface area contributed by atoms with Gasteiger partial charge in [0.05, 0.1) is 20.3 Å². The van der Waals surface area contributed by atoms with E-state index in [9.17, 15) is 24.9 Å². The number of nitrogens with one attached hydrogen (secondary N) is 1. The van der Waals surface area contributed by atoms with Gasteiger partial charge in [0.2, 0.25) is 6.29 Å². The summed E-state index contributed by atoms with van der Waals surface area (Å²) in [4.78, 5) is 23.7. The Kier molecular flexibility index (Phi) is 8.08. The summed E-state index contributed by atoms with van der Waals surface area (Å²) in [6, 6.07) is 6.27. The van der Waals surface area contributed by atoms with Crippen LogP contribution in [0.3, 0.4) is 0 Å². The average molecular weight is 413 g/mol. The number of methoxy groups -OCH3 is 1. The molecule has 0 saturated carbocycles. The summed E-state index contributed by atoms with van der Waals surface area (Å²) in [5.74, 6) is -1.01. The van der Waals surface area contributed by atoms with Crippen molar-refractivity contribution in [2.75, 3.05) is 25.6 Å². The van der Waals surface area contributed by atoms with Gasteiger partial charge in [-0.2, -0.15) is 0 Å². The molecule has 1 heterocycles. The fourth-order valence-electron chi connectivity index (χ4n) is 2.55. The van der Waals surface area contributed by atoms with E-state index in [0.29, 0.717) is 16.8 Å². The van der Waals surface area contributed by atoms with Crippen molar-refractivity contribution in [1.29, 1.82) is 0 Å². The number of hydrogen-bond acceptors (Lipinski definition) is 10. The number of ether oxygens (including phenoxy) is 3. The first kappa shape index (κ1) is 22.7. The summed E-state index contributed by atoms with van der Waals surface area (Å²) >= 11 is 0. The first-order valence-electron chi connectivity index (χ1n) is 8.57. The van der Waals surface area contributed by atoms with Gasteiger partial charge in [-0.05, 0) is 23.3 Å². The second-order valence-electron chi connectivity index (χ2n) is 6.19. The largest absolute Gasteiger partial charge is 0.467 e. The number of hydrogen-bond donors (Lipinski definition) is 6. The van der Waals surface area contributed by atoms with E-state index in [0.717, 1.165) is 7.11 Å². The second-order valence-corrected chi connectivity index (χ2v) is 6.19. The van der Waals surface area contributed by atoms with Crippen LogP contribution >= 0.6 is 0 Å². The van der Waals surface area contributed by atoms with E-state index in [1.54, 1.807) is 18.2 Å². The van der Waals surface area contributed by atoms with Crippen LogP contribution in [-0.4, -0.2) is 88.6 Å². The van der Waals surface area contributed by atoms with Gasteiger partial charge < -0.3 is 39.7 Å². The van der Waals surface area contributed by atoms with Gasteiger partial charge in [-0.25, -0.2) is 9.59 Å². The van der Waals surface area contributed by atoms with Crippen molar-refractivity contribution in [2.24, 2.45) is 0 Å². The van der Waals surface area contributed by atoms with Crippen LogP contribution in [0, 0.1) is 0 Å². The van der Waals surface area contributed by atoms with Gasteiger partial charge in [-0.3, -0.25) is 5.32 Å². The third-order valence-corrected chi connectivity index (χ3v) is 4.16. The molecule has 0 bridgehead atoms. The molecule has 29 heavy (non-hydrogen) atoms. The Labute approximate surface area is 165 Å².